The van der Waals surface area contributed by atoms with Crippen molar-refractivity contribution in [3.8, 4) is 5.75 Å². The first-order chi connectivity index (χ1) is 15.7. The number of ketones is 1. The van der Waals surface area contributed by atoms with Gasteiger partial charge in [0.15, 0.2) is 5.78 Å². The molecule has 10 nitrogen and oxygen atoms in total. The van der Waals surface area contributed by atoms with Gasteiger partial charge in [0.2, 0.25) is 11.8 Å². The minimum absolute atomic E-state index is 0.0252. The first-order valence-electron chi connectivity index (χ1n) is 10.6. The topological polar surface area (TPSA) is 150 Å². The molecule has 0 radical (unpaired) electrons. The van der Waals surface area contributed by atoms with E-state index < -0.39 is 41.8 Å². The summed E-state index contributed by atoms with van der Waals surface area (Å²) in [6.45, 7) is 4.64. The number of H-pyrrole nitrogens is 1. The Hall–Kier alpha value is -3.69. The molecule has 2 rings (SSSR count). The zero-order chi connectivity index (χ0) is 24.5. The van der Waals surface area contributed by atoms with Crippen molar-refractivity contribution in [1.29, 1.82) is 5.41 Å². The van der Waals surface area contributed by atoms with Crippen LogP contribution in [-0.2, 0) is 30.3 Å². The van der Waals surface area contributed by atoms with Gasteiger partial charge in [-0.05, 0) is 31.9 Å². The first kappa shape index (κ1) is 25.6. The molecule has 1 aromatic heterocycles. The number of hydrogen-bond acceptors (Lipinski definition) is 7. The molecule has 2 amide bonds. The van der Waals surface area contributed by atoms with Gasteiger partial charge >= 0.3 is 5.97 Å². The summed E-state index contributed by atoms with van der Waals surface area (Å²) in [4.78, 5) is 52.0. The van der Waals surface area contributed by atoms with Gasteiger partial charge in [0.25, 0.3) is 0 Å². The molecule has 0 saturated carbocycles. The standard InChI is InChI=1S/C23H30N4O6/c1-13(2)33-23(31)18(9-8-16(29)11-24)27-22(30)19(26-14(3)28)10-15-12-25-21-17(15)6-5-7-20(21)32-4/h5-7,11-13,18-19,24-25H,8-10H2,1-4H3,(H,26,28)(H,27,30)/t18-,19-/m0/s1. The first-order valence-corrected chi connectivity index (χ1v) is 10.6. The summed E-state index contributed by atoms with van der Waals surface area (Å²) in [5.74, 6) is -1.51. The predicted molar refractivity (Wildman–Crippen MR) is 122 cm³/mol. The van der Waals surface area contributed by atoms with Crippen LogP contribution in [-0.4, -0.2) is 60.1 Å². The maximum absolute atomic E-state index is 13.1. The molecule has 0 fully saturated rings. The average molecular weight is 459 g/mol. The fourth-order valence-corrected chi connectivity index (χ4v) is 3.39. The number of ether oxygens (including phenoxy) is 2. The van der Waals surface area contributed by atoms with Crippen LogP contribution in [0, 0.1) is 5.41 Å². The summed E-state index contributed by atoms with van der Waals surface area (Å²) in [6.07, 6.45) is 2.02. The fourth-order valence-electron chi connectivity index (χ4n) is 3.39. The van der Waals surface area contributed by atoms with Gasteiger partial charge in [0.1, 0.15) is 17.8 Å². The fraction of sp³-hybridized carbons (Fsp3) is 0.435. The molecule has 0 spiro atoms. The summed E-state index contributed by atoms with van der Waals surface area (Å²) >= 11 is 0. The Labute approximate surface area is 191 Å². The number of aromatic amines is 1. The Morgan fingerprint density at radius 2 is 1.88 bits per heavy atom. The summed E-state index contributed by atoms with van der Waals surface area (Å²) in [5, 5.41) is 13.1. The van der Waals surface area contributed by atoms with Gasteiger partial charge in [-0.3, -0.25) is 14.4 Å². The maximum Gasteiger partial charge on any atom is 0.328 e. The number of fused-ring (bicyclic) bond motifs is 1. The van der Waals surface area contributed by atoms with E-state index in [2.05, 4.69) is 15.6 Å². The van der Waals surface area contributed by atoms with E-state index >= 15 is 0 Å². The van der Waals surface area contributed by atoms with Crippen molar-refractivity contribution in [2.75, 3.05) is 7.11 Å². The number of para-hydroxylation sites is 1. The highest BCUT2D eigenvalue weighted by molar-refractivity contribution is 6.26. The number of hydrogen-bond donors (Lipinski definition) is 4. The lowest BCUT2D eigenvalue weighted by Crippen LogP contribution is -2.52. The van der Waals surface area contributed by atoms with Crippen LogP contribution < -0.4 is 15.4 Å². The normalized spacial score (nSPS) is 12.6. The number of benzene rings is 1. The zero-order valence-electron chi connectivity index (χ0n) is 19.2. The molecule has 0 saturated heterocycles. The molecule has 10 heteroatoms. The van der Waals surface area contributed by atoms with Gasteiger partial charge in [0.05, 0.1) is 24.9 Å². The predicted octanol–water partition coefficient (Wildman–Crippen LogP) is 1.66. The SMILES string of the molecule is COc1cccc2c(C[C@H](NC(C)=O)C(=O)N[C@@H](CCC(=O)C=N)C(=O)OC(C)C)c[nH]c12. The van der Waals surface area contributed by atoms with E-state index in [4.69, 9.17) is 14.9 Å². The van der Waals surface area contributed by atoms with E-state index in [0.717, 1.165) is 16.5 Å². The van der Waals surface area contributed by atoms with Crippen molar-refractivity contribution in [2.24, 2.45) is 0 Å². The molecule has 0 bridgehead atoms. The molecule has 178 valence electrons. The number of amides is 2. The van der Waals surface area contributed by atoms with Crippen LogP contribution in [0.25, 0.3) is 10.9 Å². The van der Waals surface area contributed by atoms with Crippen LogP contribution in [0.4, 0.5) is 0 Å². The smallest absolute Gasteiger partial charge is 0.328 e. The Bertz CT molecular complexity index is 1030. The molecule has 2 aromatic rings. The van der Waals surface area contributed by atoms with Crippen LogP contribution in [0.5, 0.6) is 5.75 Å². The molecule has 4 N–H and O–H groups in total. The lowest BCUT2D eigenvalue weighted by molar-refractivity contribution is -0.151. The molecule has 2 atom stereocenters. The van der Waals surface area contributed by atoms with Gasteiger partial charge in [-0.1, -0.05) is 12.1 Å². The molecule has 0 aliphatic heterocycles. The zero-order valence-corrected chi connectivity index (χ0v) is 19.2. The van der Waals surface area contributed by atoms with E-state index in [9.17, 15) is 19.2 Å². The lowest BCUT2D eigenvalue weighted by Gasteiger charge is -2.23. The van der Waals surface area contributed by atoms with E-state index in [1.807, 2.05) is 12.1 Å². The Kier molecular flexibility index (Phi) is 9.14. The number of carbonyl (C=O) groups is 4. The molecular weight excluding hydrogens is 428 g/mol. The van der Waals surface area contributed by atoms with E-state index in [-0.39, 0.29) is 19.3 Å². The molecule has 0 aliphatic rings. The number of methoxy groups -OCH3 is 1. The number of rotatable bonds is 12. The quantitative estimate of drug-likeness (QED) is 0.281. The summed E-state index contributed by atoms with van der Waals surface area (Å²) in [7, 11) is 1.56. The number of nitrogens with one attached hydrogen (secondary N) is 4. The summed E-state index contributed by atoms with van der Waals surface area (Å²) in [5.41, 5.74) is 1.54. The van der Waals surface area contributed by atoms with E-state index in [1.54, 1.807) is 33.2 Å². The second kappa shape index (κ2) is 11.8. The van der Waals surface area contributed by atoms with Crippen molar-refractivity contribution < 1.29 is 28.7 Å². The maximum atomic E-state index is 13.1. The van der Waals surface area contributed by atoms with Crippen LogP contribution in [0.15, 0.2) is 24.4 Å². The largest absolute Gasteiger partial charge is 0.495 e. The second-order valence-electron chi connectivity index (χ2n) is 7.85. The van der Waals surface area contributed by atoms with Crippen molar-refractivity contribution in [1.82, 2.24) is 15.6 Å². The van der Waals surface area contributed by atoms with Crippen LogP contribution in [0.2, 0.25) is 0 Å². The number of aromatic nitrogens is 1. The van der Waals surface area contributed by atoms with Crippen molar-refractivity contribution in [3.05, 3.63) is 30.0 Å². The van der Waals surface area contributed by atoms with Gasteiger partial charge in [-0.15, -0.1) is 0 Å². The van der Waals surface area contributed by atoms with Crippen LogP contribution in [0.3, 0.4) is 0 Å². The Morgan fingerprint density at radius 3 is 2.48 bits per heavy atom. The monoisotopic (exact) mass is 458 g/mol. The van der Waals surface area contributed by atoms with Gasteiger partial charge in [0, 0.05) is 31.3 Å². The number of carbonyl (C=O) groups excluding carboxylic acids is 4. The number of esters is 1. The minimum Gasteiger partial charge on any atom is -0.495 e. The molecular formula is C23H30N4O6. The highest BCUT2D eigenvalue weighted by Crippen LogP contribution is 2.27. The minimum atomic E-state index is -1.09. The number of Topliss-reactive ketones (excluding diaryl/α,β-unsaturated/α-hetero) is 1. The highest BCUT2D eigenvalue weighted by atomic mass is 16.5. The summed E-state index contributed by atoms with van der Waals surface area (Å²) < 4.78 is 10.5. The van der Waals surface area contributed by atoms with E-state index in [1.165, 1.54) is 6.92 Å². The van der Waals surface area contributed by atoms with Crippen LogP contribution in [0.1, 0.15) is 39.2 Å². The van der Waals surface area contributed by atoms with Gasteiger partial charge in [-0.2, -0.15) is 0 Å². The second-order valence-corrected chi connectivity index (χ2v) is 7.85. The van der Waals surface area contributed by atoms with Crippen molar-refractivity contribution in [2.45, 2.75) is 58.2 Å². The van der Waals surface area contributed by atoms with Crippen molar-refractivity contribution in [3.63, 3.8) is 0 Å². The highest BCUT2D eigenvalue weighted by Gasteiger charge is 2.29. The lowest BCUT2D eigenvalue weighted by atomic mass is 10.0. The van der Waals surface area contributed by atoms with Gasteiger partial charge in [-0.25, -0.2) is 4.79 Å². The third kappa shape index (κ3) is 7.16. The van der Waals surface area contributed by atoms with E-state index in [0.29, 0.717) is 12.0 Å². The molecule has 0 aliphatic carbocycles. The average Bonchev–Trinajstić information content (AvgIpc) is 3.17. The third-order valence-corrected chi connectivity index (χ3v) is 4.89. The van der Waals surface area contributed by atoms with Crippen LogP contribution >= 0.6 is 0 Å². The Morgan fingerprint density at radius 1 is 1.15 bits per heavy atom. The molecule has 1 aromatic carbocycles. The molecule has 0 unspecified atom stereocenters. The van der Waals surface area contributed by atoms with Crippen molar-refractivity contribution >= 4 is 40.7 Å². The van der Waals surface area contributed by atoms with Gasteiger partial charge < -0.3 is 30.5 Å². The summed E-state index contributed by atoms with van der Waals surface area (Å²) in [6, 6.07) is 3.44. The Balaban J connectivity index is 2.25. The molecule has 1 heterocycles. The third-order valence-electron chi connectivity index (χ3n) is 4.89. The molecule has 33 heavy (non-hydrogen) atoms.